The van der Waals surface area contributed by atoms with Gasteiger partial charge >= 0.3 is 11.9 Å². The SMILES string of the molecule is CC(=O)OC1CC(OC(C)=O)C2(C)C3Cc4occc4C(C)C3CCC2(O)C1(C)C. The molecule has 1 heterocycles. The number of hydrogen-bond donors (Lipinski definition) is 1. The van der Waals surface area contributed by atoms with Crippen LogP contribution in [0.2, 0.25) is 0 Å². The third-order valence-corrected chi connectivity index (χ3v) is 8.92. The highest BCUT2D eigenvalue weighted by Crippen LogP contribution is 2.67. The van der Waals surface area contributed by atoms with E-state index in [1.54, 1.807) is 6.26 Å². The molecule has 0 aliphatic heterocycles. The second-order valence-electron chi connectivity index (χ2n) is 10.4. The number of esters is 2. The maximum Gasteiger partial charge on any atom is 0.302 e. The summed E-state index contributed by atoms with van der Waals surface area (Å²) in [5.41, 5.74) is -1.30. The summed E-state index contributed by atoms with van der Waals surface area (Å²) in [6, 6.07) is 2.06. The summed E-state index contributed by atoms with van der Waals surface area (Å²) in [6.45, 7) is 11.0. The molecule has 30 heavy (non-hydrogen) atoms. The number of furan rings is 1. The Bertz CT molecular complexity index is 856. The summed E-state index contributed by atoms with van der Waals surface area (Å²) in [5.74, 6) is 0.963. The summed E-state index contributed by atoms with van der Waals surface area (Å²) in [7, 11) is 0. The number of carbonyl (C=O) groups is 2. The van der Waals surface area contributed by atoms with E-state index in [1.807, 2.05) is 13.8 Å². The van der Waals surface area contributed by atoms with E-state index in [-0.39, 0.29) is 17.9 Å². The Balaban J connectivity index is 1.84. The molecule has 0 amide bonds. The molecule has 2 saturated carbocycles. The van der Waals surface area contributed by atoms with Crippen LogP contribution in [0.5, 0.6) is 0 Å². The summed E-state index contributed by atoms with van der Waals surface area (Å²) in [4.78, 5) is 23.9. The van der Waals surface area contributed by atoms with Gasteiger partial charge in [0, 0.05) is 37.5 Å². The van der Waals surface area contributed by atoms with Crippen molar-refractivity contribution in [2.45, 2.75) is 91.0 Å². The molecule has 0 radical (unpaired) electrons. The molecular weight excluding hydrogens is 384 g/mol. The van der Waals surface area contributed by atoms with Crippen LogP contribution < -0.4 is 0 Å². The summed E-state index contributed by atoms with van der Waals surface area (Å²) < 4.78 is 17.4. The minimum absolute atomic E-state index is 0.0896. The van der Waals surface area contributed by atoms with Gasteiger partial charge in [0.25, 0.3) is 0 Å². The average Bonchev–Trinajstić information content (AvgIpc) is 3.11. The van der Waals surface area contributed by atoms with Gasteiger partial charge in [0.1, 0.15) is 18.0 Å². The van der Waals surface area contributed by atoms with Crippen LogP contribution in [0.1, 0.15) is 78.0 Å². The van der Waals surface area contributed by atoms with Gasteiger partial charge in [0.2, 0.25) is 0 Å². The Morgan fingerprint density at radius 1 is 1.13 bits per heavy atom. The van der Waals surface area contributed by atoms with E-state index in [4.69, 9.17) is 13.9 Å². The number of carbonyl (C=O) groups excluding carboxylic acids is 2. The quantitative estimate of drug-likeness (QED) is 0.731. The first kappa shape index (κ1) is 21.4. The van der Waals surface area contributed by atoms with Crippen molar-refractivity contribution in [3.8, 4) is 0 Å². The zero-order valence-corrected chi connectivity index (χ0v) is 18.9. The van der Waals surface area contributed by atoms with Gasteiger partial charge in [-0.25, -0.2) is 0 Å². The number of hydrogen-bond acceptors (Lipinski definition) is 6. The van der Waals surface area contributed by atoms with Gasteiger partial charge in [-0.1, -0.05) is 27.7 Å². The lowest BCUT2D eigenvalue weighted by molar-refractivity contribution is -0.305. The van der Waals surface area contributed by atoms with E-state index in [2.05, 4.69) is 19.9 Å². The molecule has 6 heteroatoms. The lowest BCUT2D eigenvalue weighted by atomic mass is 9.40. The zero-order chi connectivity index (χ0) is 22.1. The fourth-order valence-corrected chi connectivity index (χ4v) is 7.20. The fourth-order valence-electron chi connectivity index (χ4n) is 7.20. The molecule has 166 valence electrons. The zero-order valence-electron chi connectivity index (χ0n) is 18.9. The Labute approximate surface area is 178 Å². The van der Waals surface area contributed by atoms with Crippen LogP contribution in [-0.4, -0.2) is 34.9 Å². The Morgan fingerprint density at radius 3 is 2.40 bits per heavy atom. The average molecular weight is 419 g/mol. The topological polar surface area (TPSA) is 86.0 Å². The van der Waals surface area contributed by atoms with E-state index in [9.17, 15) is 14.7 Å². The molecule has 0 spiro atoms. The third kappa shape index (κ3) is 2.72. The third-order valence-electron chi connectivity index (χ3n) is 8.92. The number of rotatable bonds is 2. The van der Waals surface area contributed by atoms with Crippen molar-refractivity contribution in [1.82, 2.24) is 0 Å². The summed E-state index contributed by atoms with van der Waals surface area (Å²) in [5, 5.41) is 12.4. The van der Waals surface area contributed by atoms with Crippen LogP contribution in [0.3, 0.4) is 0 Å². The first-order valence-corrected chi connectivity index (χ1v) is 11.1. The maximum atomic E-state index is 12.4. The lowest BCUT2D eigenvalue weighted by Crippen LogP contribution is -2.74. The van der Waals surface area contributed by atoms with Crippen LogP contribution in [0.25, 0.3) is 0 Å². The normalized spacial score (nSPS) is 41.8. The predicted octanol–water partition coefficient (Wildman–Crippen LogP) is 4.00. The van der Waals surface area contributed by atoms with Gasteiger partial charge in [-0.3, -0.25) is 9.59 Å². The van der Waals surface area contributed by atoms with E-state index in [1.165, 1.54) is 19.4 Å². The molecule has 3 aliphatic rings. The second-order valence-corrected chi connectivity index (χ2v) is 10.4. The molecule has 7 unspecified atom stereocenters. The van der Waals surface area contributed by atoms with Gasteiger partial charge in [-0.15, -0.1) is 0 Å². The van der Waals surface area contributed by atoms with Crippen molar-refractivity contribution in [3.05, 3.63) is 23.7 Å². The van der Waals surface area contributed by atoms with Crippen LogP contribution in [-0.2, 0) is 25.5 Å². The Hall–Kier alpha value is -1.82. The molecule has 3 aliphatic carbocycles. The van der Waals surface area contributed by atoms with Gasteiger partial charge < -0.3 is 19.0 Å². The summed E-state index contributed by atoms with van der Waals surface area (Å²) in [6.07, 6.45) is 3.20. The molecule has 1 aromatic rings. The highest BCUT2D eigenvalue weighted by atomic mass is 16.6. The summed E-state index contributed by atoms with van der Waals surface area (Å²) >= 11 is 0. The molecule has 1 N–H and O–H groups in total. The molecular formula is C24H34O6. The first-order chi connectivity index (χ1) is 13.9. The van der Waals surface area contributed by atoms with E-state index in [0.717, 1.165) is 12.2 Å². The first-order valence-electron chi connectivity index (χ1n) is 11.1. The maximum absolute atomic E-state index is 12.4. The molecule has 7 atom stereocenters. The second kappa shape index (κ2) is 6.84. The van der Waals surface area contributed by atoms with E-state index < -0.39 is 28.6 Å². The number of ether oxygens (including phenoxy) is 2. The van der Waals surface area contributed by atoms with Crippen molar-refractivity contribution in [1.29, 1.82) is 0 Å². The lowest BCUT2D eigenvalue weighted by Gasteiger charge is -2.68. The van der Waals surface area contributed by atoms with Crippen molar-refractivity contribution in [2.24, 2.45) is 22.7 Å². The molecule has 0 bridgehead atoms. The van der Waals surface area contributed by atoms with Crippen LogP contribution in [0.4, 0.5) is 0 Å². The van der Waals surface area contributed by atoms with E-state index >= 15 is 0 Å². The largest absolute Gasteiger partial charge is 0.469 e. The highest BCUT2D eigenvalue weighted by Gasteiger charge is 2.72. The van der Waals surface area contributed by atoms with Gasteiger partial charge in [0.15, 0.2) is 0 Å². The molecule has 0 aromatic carbocycles. The minimum atomic E-state index is -1.16. The van der Waals surface area contributed by atoms with Crippen LogP contribution in [0, 0.1) is 22.7 Å². The predicted molar refractivity (Wildman–Crippen MR) is 110 cm³/mol. The van der Waals surface area contributed by atoms with Gasteiger partial charge in [-0.2, -0.15) is 0 Å². The molecule has 6 nitrogen and oxygen atoms in total. The van der Waals surface area contributed by atoms with Gasteiger partial charge in [-0.05, 0) is 42.2 Å². The van der Waals surface area contributed by atoms with Gasteiger partial charge in [0.05, 0.1) is 11.9 Å². The molecule has 0 saturated heterocycles. The molecule has 4 rings (SSSR count). The van der Waals surface area contributed by atoms with E-state index in [0.29, 0.717) is 31.1 Å². The number of aliphatic hydroxyl groups is 1. The Morgan fingerprint density at radius 2 is 1.77 bits per heavy atom. The standard InChI is InChI=1S/C24H34O6/c1-13-16-7-9-24(27)22(4,5)20(29-14(2)25)12-21(30-15(3)26)23(24,6)18(16)11-19-17(13)8-10-28-19/h8,10,13,16,18,20-21,27H,7,9,11-12H2,1-6H3. The number of fused-ring (bicyclic) bond motifs is 4. The molecule has 1 aromatic heterocycles. The van der Waals surface area contributed by atoms with Crippen molar-refractivity contribution >= 4 is 11.9 Å². The van der Waals surface area contributed by atoms with Crippen LogP contribution in [0.15, 0.2) is 16.7 Å². The molecule has 2 fully saturated rings. The smallest absolute Gasteiger partial charge is 0.302 e. The van der Waals surface area contributed by atoms with Crippen LogP contribution >= 0.6 is 0 Å². The van der Waals surface area contributed by atoms with Crippen molar-refractivity contribution < 1.29 is 28.6 Å². The minimum Gasteiger partial charge on any atom is -0.469 e. The van der Waals surface area contributed by atoms with Crippen molar-refractivity contribution in [2.75, 3.05) is 0 Å². The fraction of sp³-hybridized carbons (Fsp3) is 0.750. The Kier molecular flexibility index (Phi) is 4.88. The highest BCUT2D eigenvalue weighted by molar-refractivity contribution is 5.67. The monoisotopic (exact) mass is 418 g/mol. The van der Waals surface area contributed by atoms with Crippen molar-refractivity contribution in [3.63, 3.8) is 0 Å².